The fourth-order valence-corrected chi connectivity index (χ4v) is 3.50. The zero-order valence-corrected chi connectivity index (χ0v) is 15.9. The molecule has 3 unspecified atom stereocenters. The van der Waals surface area contributed by atoms with Crippen LogP contribution in [0.25, 0.3) is 0 Å². The molecular formula is C15H31Cl2N3O2. The Kier molecular flexibility index (Phi) is 7.64. The van der Waals surface area contributed by atoms with Crippen LogP contribution in [0.4, 0.5) is 0 Å². The van der Waals surface area contributed by atoms with Crippen LogP contribution in [0.15, 0.2) is 0 Å². The van der Waals surface area contributed by atoms with E-state index in [2.05, 4.69) is 32.7 Å². The second-order valence-electron chi connectivity index (χ2n) is 6.95. The average molecular weight is 356 g/mol. The number of amides is 1. The smallest absolute Gasteiger partial charge is 0.243 e. The Bertz CT molecular complexity index is 395. The minimum absolute atomic E-state index is 0. The van der Waals surface area contributed by atoms with E-state index in [1.807, 2.05) is 11.8 Å². The first kappa shape index (κ1) is 21.9. The van der Waals surface area contributed by atoms with Gasteiger partial charge in [-0.3, -0.25) is 4.79 Å². The second kappa shape index (κ2) is 7.67. The molecule has 1 saturated heterocycles. The number of hydrogen-bond donors (Lipinski definition) is 1. The maximum atomic E-state index is 12.9. The summed E-state index contributed by atoms with van der Waals surface area (Å²) in [6.07, 6.45) is 0.718. The van der Waals surface area contributed by atoms with E-state index in [4.69, 9.17) is 10.5 Å². The van der Waals surface area contributed by atoms with Crippen molar-refractivity contribution in [2.75, 3.05) is 33.3 Å². The molecule has 2 aliphatic rings. The molecule has 0 aromatic rings. The van der Waals surface area contributed by atoms with Crippen LogP contribution in [0.5, 0.6) is 0 Å². The highest BCUT2D eigenvalue weighted by Crippen LogP contribution is 2.50. The van der Waals surface area contributed by atoms with Crippen molar-refractivity contribution in [2.24, 2.45) is 11.1 Å². The molecule has 0 radical (unpaired) electrons. The van der Waals surface area contributed by atoms with E-state index in [1.165, 1.54) is 0 Å². The predicted octanol–water partition coefficient (Wildman–Crippen LogP) is 1.52. The fourth-order valence-electron chi connectivity index (χ4n) is 3.50. The summed E-state index contributed by atoms with van der Waals surface area (Å²) in [4.78, 5) is 17.1. The zero-order chi connectivity index (χ0) is 15.1. The lowest BCUT2D eigenvalue weighted by molar-refractivity contribution is -0.182. The van der Waals surface area contributed by atoms with Crippen molar-refractivity contribution in [3.05, 3.63) is 0 Å². The van der Waals surface area contributed by atoms with Gasteiger partial charge in [0.15, 0.2) is 0 Å². The number of ether oxygens (including phenoxy) is 1. The van der Waals surface area contributed by atoms with Crippen LogP contribution in [0.3, 0.4) is 0 Å². The summed E-state index contributed by atoms with van der Waals surface area (Å²) in [5.74, 6) is 0.0963. The fraction of sp³-hybridized carbons (Fsp3) is 0.933. The van der Waals surface area contributed by atoms with Gasteiger partial charge in [0.2, 0.25) is 5.91 Å². The number of rotatable bonds is 3. The maximum absolute atomic E-state index is 12.9. The number of hydrogen-bond acceptors (Lipinski definition) is 4. The molecule has 1 aliphatic heterocycles. The molecule has 132 valence electrons. The van der Waals surface area contributed by atoms with E-state index in [1.54, 1.807) is 0 Å². The van der Waals surface area contributed by atoms with E-state index in [9.17, 15) is 4.79 Å². The summed E-state index contributed by atoms with van der Waals surface area (Å²) in [6, 6.07) is 0.226. The number of likely N-dealkylation sites (N-methyl/N-ethyl adjacent to an activating group) is 1. The SMILES string of the molecule is CCOC1CC(N)(C(=O)N2CCN(C)CC2C)C1(C)C.Cl.Cl. The largest absolute Gasteiger partial charge is 0.378 e. The first-order chi connectivity index (χ1) is 9.24. The second-order valence-corrected chi connectivity index (χ2v) is 6.95. The van der Waals surface area contributed by atoms with Crippen molar-refractivity contribution in [3.8, 4) is 0 Å². The molecule has 2 N–H and O–H groups in total. The molecule has 3 atom stereocenters. The Morgan fingerprint density at radius 1 is 1.32 bits per heavy atom. The van der Waals surface area contributed by atoms with Crippen molar-refractivity contribution in [3.63, 3.8) is 0 Å². The average Bonchev–Trinajstić information content (AvgIpc) is 2.37. The van der Waals surface area contributed by atoms with Crippen molar-refractivity contribution < 1.29 is 9.53 Å². The van der Waals surface area contributed by atoms with E-state index in [-0.39, 0.29) is 48.3 Å². The van der Waals surface area contributed by atoms with Gasteiger partial charge in [0.05, 0.1) is 6.10 Å². The molecule has 1 heterocycles. The lowest BCUT2D eigenvalue weighted by atomic mass is 9.54. The summed E-state index contributed by atoms with van der Waals surface area (Å²) < 4.78 is 5.71. The molecule has 2 fully saturated rings. The summed E-state index contributed by atoms with van der Waals surface area (Å²) in [7, 11) is 2.09. The summed E-state index contributed by atoms with van der Waals surface area (Å²) >= 11 is 0. The lowest BCUT2D eigenvalue weighted by Gasteiger charge is -2.59. The van der Waals surface area contributed by atoms with Gasteiger partial charge >= 0.3 is 0 Å². The van der Waals surface area contributed by atoms with Crippen molar-refractivity contribution in [1.29, 1.82) is 0 Å². The van der Waals surface area contributed by atoms with Gasteiger partial charge in [-0.1, -0.05) is 13.8 Å². The molecule has 22 heavy (non-hydrogen) atoms. The lowest BCUT2D eigenvalue weighted by Crippen LogP contribution is -2.77. The highest BCUT2D eigenvalue weighted by molar-refractivity contribution is 5.89. The number of carbonyl (C=O) groups is 1. The van der Waals surface area contributed by atoms with Gasteiger partial charge in [-0.2, -0.15) is 0 Å². The van der Waals surface area contributed by atoms with E-state index < -0.39 is 5.54 Å². The Balaban J connectivity index is 0.00000220. The van der Waals surface area contributed by atoms with Gasteiger partial charge in [-0.15, -0.1) is 24.8 Å². The maximum Gasteiger partial charge on any atom is 0.243 e. The number of carbonyl (C=O) groups excluding carboxylic acids is 1. The summed E-state index contributed by atoms with van der Waals surface area (Å²) in [5, 5.41) is 0. The highest BCUT2D eigenvalue weighted by atomic mass is 35.5. The van der Waals surface area contributed by atoms with Crippen LogP contribution in [0, 0.1) is 5.41 Å². The van der Waals surface area contributed by atoms with Crippen molar-refractivity contribution >= 4 is 30.7 Å². The van der Waals surface area contributed by atoms with Gasteiger partial charge in [0.25, 0.3) is 0 Å². The first-order valence-electron chi connectivity index (χ1n) is 7.64. The van der Waals surface area contributed by atoms with Crippen molar-refractivity contribution in [2.45, 2.75) is 51.8 Å². The third-order valence-electron chi connectivity index (χ3n) is 5.30. The van der Waals surface area contributed by atoms with E-state index in [0.717, 1.165) is 19.6 Å². The number of nitrogens with two attached hydrogens (primary N) is 1. The van der Waals surface area contributed by atoms with Crippen LogP contribution in [0.2, 0.25) is 0 Å². The normalized spacial score (nSPS) is 34.2. The number of nitrogens with zero attached hydrogens (tertiary/aromatic N) is 2. The molecule has 0 bridgehead atoms. The minimum atomic E-state index is -0.781. The Hall–Kier alpha value is -0.0700. The van der Waals surface area contributed by atoms with Crippen LogP contribution in [-0.4, -0.2) is 66.7 Å². The predicted molar refractivity (Wildman–Crippen MR) is 93.9 cm³/mol. The Labute approximate surface area is 146 Å². The number of piperazine rings is 1. The van der Waals surface area contributed by atoms with Gasteiger partial charge in [0, 0.05) is 44.1 Å². The van der Waals surface area contributed by atoms with Gasteiger partial charge < -0.3 is 20.3 Å². The van der Waals surface area contributed by atoms with Gasteiger partial charge in [-0.25, -0.2) is 0 Å². The highest BCUT2D eigenvalue weighted by Gasteiger charge is 2.64. The van der Waals surface area contributed by atoms with E-state index >= 15 is 0 Å². The number of halogens is 2. The third-order valence-corrected chi connectivity index (χ3v) is 5.30. The van der Waals surface area contributed by atoms with E-state index in [0.29, 0.717) is 13.0 Å². The molecule has 1 amide bonds. The van der Waals surface area contributed by atoms with Crippen LogP contribution in [-0.2, 0) is 9.53 Å². The topological polar surface area (TPSA) is 58.8 Å². The molecular weight excluding hydrogens is 325 g/mol. The third kappa shape index (κ3) is 3.39. The Morgan fingerprint density at radius 3 is 2.36 bits per heavy atom. The minimum Gasteiger partial charge on any atom is -0.378 e. The van der Waals surface area contributed by atoms with Gasteiger partial charge in [-0.05, 0) is 20.9 Å². The standard InChI is InChI=1S/C15H29N3O2.2ClH/c1-6-20-12-9-15(16,14(12,3)4)13(19)18-8-7-17(5)10-11(18)2;;/h11-12H,6-10,16H2,1-5H3;2*1H. The van der Waals surface area contributed by atoms with Gasteiger partial charge in [0.1, 0.15) is 5.54 Å². The molecule has 1 saturated carbocycles. The zero-order valence-electron chi connectivity index (χ0n) is 14.3. The molecule has 0 aromatic carbocycles. The van der Waals surface area contributed by atoms with Crippen LogP contribution in [0.1, 0.15) is 34.1 Å². The van der Waals surface area contributed by atoms with Crippen LogP contribution >= 0.6 is 24.8 Å². The quantitative estimate of drug-likeness (QED) is 0.833. The molecule has 2 rings (SSSR count). The molecule has 0 spiro atoms. The monoisotopic (exact) mass is 355 g/mol. The molecule has 1 aliphatic carbocycles. The Morgan fingerprint density at radius 2 is 1.91 bits per heavy atom. The van der Waals surface area contributed by atoms with Crippen molar-refractivity contribution in [1.82, 2.24) is 9.80 Å². The molecule has 5 nitrogen and oxygen atoms in total. The van der Waals surface area contributed by atoms with Crippen LogP contribution < -0.4 is 5.73 Å². The first-order valence-corrected chi connectivity index (χ1v) is 7.64. The molecule has 0 aromatic heterocycles. The summed E-state index contributed by atoms with van der Waals surface area (Å²) in [5.41, 5.74) is 5.40. The summed E-state index contributed by atoms with van der Waals surface area (Å²) in [6.45, 7) is 11.5. The molecule has 7 heteroatoms.